The van der Waals surface area contributed by atoms with Crippen LogP contribution in [-0.4, -0.2) is 46.2 Å². The second kappa shape index (κ2) is 7.65. The molecule has 0 saturated carbocycles. The minimum atomic E-state index is -0.190. The zero-order valence-electron chi connectivity index (χ0n) is 14.6. The Morgan fingerprint density at radius 3 is 3.00 bits per heavy atom. The number of aromatic amines is 1. The van der Waals surface area contributed by atoms with Crippen LogP contribution >= 0.6 is 0 Å². The molecule has 1 aromatic heterocycles. The van der Waals surface area contributed by atoms with Gasteiger partial charge in [-0.2, -0.15) is 0 Å². The minimum absolute atomic E-state index is 0.0485. The van der Waals surface area contributed by atoms with Crippen LogP contribution in [0, 0.1) is 0 Å². The summed E-state index contributed by atoms with van der Waals surface area (Å²) in [4.78, 5) is 33.5. The summed E-state index contributed by atoms with van der Waals surface area (Å²) in [6.07, 6.45) is 2.07. The van der Waals surface area contributed by atoms with E-state index in [0.29, 0.717) is 23.3 Å². The molecule has 1 aliphatic heterocycles. The first-order valence-corrected chi connectivity index (χ1v) is 8.73. The van der Waals surface area contributed by atoms with Crippen molar-refractivity contribution in [2.75, 3.05) is 13.2 Å². The van der Waals surface area contributed by atoms with Crippen LogP contribution in [0.15, 0.2) is 29.1 Å². The highest BCUT2D eigenvalue weighted by Crippen LogP contribution is 2.15. The van der Waals surface area contributed by atoms with E-state index in [4.69, 9.17) is 4.74 Å². The van der Waals surface area contributed by atoms with Crippen LogP contribution in [0.4, 0.5) is 4.79 Å². The molecule has 0 radical (unpaired) electrons. The first kappa shape index (κ1) is 17.4. The second-order valence-corrected chi connectivity index (χ2v) is 6.33. The zero-order valence-corrected chi connectivity index (χ0v) is 14.6. The van der Waals surface area contributed by atoms with Crippen LogP contribution in [0.25, 0.3) is 10.9 Å². The van der Waals surface area contributed by atoms with Gasteiger partial charge in [0, 0.05) is 13.2 Å². The third-order valence-electron chi connectivity index (χ3n) is 4.55. The Morgan fingerprint density at radius 2 is 2.28 bits per heavy atom. The Bertz CT molecular complexity index is 798. The molecule has 1 fully saturated rings. The summed E-state index contributed by atoms with van der Waals surface area (Å²) in [5.74, 6) is 0.477. The van der Waals surface area contributed by atoms with Crippen molar-refractivity contribution in [1.29, 1.82) is 0 Å². The highest BCUT2D eigenvalue weighted by molar-refractivity contribution is 5.77. The number of aromatic nitrogens is 2. The Labute approximate surface area is 146 Å². The van der Waals surface area contributed by atoms with Gasteiger partial charge >= 0.3 is 6.03 Å². The molecule has 3 rings (SSSR count). The van der Waals surface area contributed by atoms with Crippen molar-refractivity contribution < 1.29 is 9.53 Å². The number of benzene rings is 1. The number of nitrogens with zero attached hydrogens (tertiary/aromatic N) is 2. The van der Waals surface area contributed by atoms with Gasteiger partial charge in [0.1, 0.15) is 5.82 Å². The fraction of sp³-hybridized carbons (Fsp3) is 0.500. The lowest BCUT2D eigenvalue weighted by atomic mass is 10.1. The molecule has 2 amide bonds. The number of fused-ring (bicyclic) bond motifs is 1. The molecule has 2 aromatic rings. The lowest BCUT2D eigenvalue weighted by molar-refractivity contribution is 0.0831. The maximum atomic E-state index is 12.5. The SMILES string of the molecule is CCN(Cc1nc2ccccc2c(=O)[nH]1)C(=O)N[C@H](C)[C@H]1CCCO1. The Kier molecular flexibility index (Phi) is 5.33. The quantitative estimate of drug-likeness (QED) is 0.869. The maximum absolute atomic E-state index is 12.5. The topological polar surface area (TPSA) is 87.3 Å². The summed E-state index contributed by atoms with van der Waals surface area (Å²) in [7, 11) is 0. The molecule has 134 valence electrons. The van der Waals surface area contributed by atoms with Crippen molar-refractivity contribution in [1.82, 2.24) is 20.2 Å². The third kappa shape index (κ3) is 3.99. The Balaban J connectivity index is 1.71. The summed E-state index contributed by atoms with van der Waals surface area (Å²) >= 11 is 0. The molecule has 1 saturated heterocycles. The van der Waals surface area contributed by atoms with Crippen molar-refractivity contribution in [2.45, 2.75) is 45.4 Å². The van der Waals surface area contributed by atoms with Crippen LogP contribution in [0.2, 0.25) is 0 Å². The summed E-state index contributed by atoms with van der Waals surface area (Å²) in [5.41, 5.74) is 0.440. The van der Waals surface area contributed by atoms with Crippen LogP contribution in [0.1, 0.15) is 32.5 Å². The van der Waals surface area contributed by atoms with Crippen molar-refractivity contribution in [3.8, 4) is 0 Å². The fourth-order valence-electron chi connectivity index (χ4n) is 3.09. The number of carbonyl (C=O) groups is 1. The monoisotopic (exact) mass is 344 g/mol. The predicted octanol–water partition coefficient (Wildman–Crippen LogP) is 2.02. The van der Waals surface area contributed by atoms with Gasteiger partial charge in [-0.1, -0.05) is 12.1 Å². The first-order valence-electron chi connectivity index (χ1n) is 8.73. The molecule has 7 heteroatoms. The molecule has 1 aromatic carbocycles. The lowest BCUT2D eigenvalue weighted by Gasteiger charge is -2.26. The van der Waals surface area contributed by atoms with Crippen LogP contribution in [0.3, 0.4) is 0 Å². The van der Waals surface area contributed by atoms with Gasteiger partial charge in [-0.3, -0.25) is 4.79 Å². The normalized spacial score (nSPS) is 18.2. The van der Waals surface area contributed by atoms with Gasteiger partial charge in [0.25, 0.3) is 5.56 Å². The van der Waals surface area contributed by atoms with E-state index in [1.54, 1.807) is 23.1 Å². The van der Waals surface area contributed by atoms with Gasteiger partial charge in [-0.15, -0.1) is 0 Å². The number of H-pyrrole nitrogens is 1. The maximum Gasteiger partial charge on any atom is 0.318 e. The van der Waals surface area contributed by atoms with Crippen molar-refractivity contribution in [2.24, 2.45) is 0 Å². The van der Waals surface area contributed by atoms with Gasteiger partial charge in [0.2, 0.25) is 0 Å². The summed E-state index contributed by atoms with van der Waals surface area (Å²) in [5, 5.41) is 3.53. The van der Waals surface area contributed by atoms with E-state index in [-0.39, 0.29) is 30.3 Å². The van der Waals surface area contributed by atoms with Crippen LogP contribution < -0.4 is 10.9 Å². The van der Waals surface area contributed by atoms with Crippen LogP contribution in [-0.2, 0) is 11.3 Å². The number of rotatable bonds is 5. The molecule has 0 spiro atoms. The van der Waals surface area contributed by atoms with E-state index in [0.717, 1.165) is 19.4 Å². The van der Waals surface area contributed by atoms with Gasteiger partial charge < -0.3 is 19.9 Å². The average molecular weight is 344 g/mol. The zero-order chi connectivity index (χ0) is 17.8. The molecular weight excluding hydrogens is 320 g/mol. The number of amides is 2. The molecule has 0 bridgehead atoms. The lowest BCUT2D eigenvalue weighted by Crippen LogP contribution is -2.47. The Hall–Kier alpha value is -2.41. The van der Waals surface area contributed by atoms with E-state index >= 15 is 0 Å². The molecule has 0 aliphatic carbocycles. The van der Waals surface area contributed by atoms with Gasteiger partial charge in [0.05, 0.1) is 29.6 Å². The molecular formula is C18H24N4O3. The summed E-state index contributed by atoms with van der Waals surface area (Å²) in [6, 6.07) is 6.94. The number of para-hydroxylation sites is 1. The van der Waals surface area contributed by atoms with Gasteiger partial charge in [-0.05, 0) is 38.8 Å². The number of nitrogens with one attached hydrogen (secondary N) is 2. The van der Waals surface area contributed by atoms with Crippen molar-refractivity contribution in [3.63, 3.8) is 0 Å². The molecule has 2 N–H and O–H groups in total. The third-order valence-corrected chi connectivity index (χ3v) is 4.55. The van der Waals surface area contributed by atoms with E-state index in [1.165, 1.54) is 0 Å². The molecule has 25 heavy (non-hydrogen) atoms. The highest BCUT2D eigenvalue weighted by Gasteiger charge is 2.25. The first-order chi connectivity index (χ1) is 12.1. The number of carbonyl (C=O) groups excluding carboxylic acids is 1. The number of hydrogen-bond acceptors (Lipinski definition) is 4. The largest absolute Gasteiger partial charge is 0.376 e. The summed E-state index contributed by atoms with van der Waals surface area (Å²) < 4.78 is 5.62. The number of ether oxygens (including phenoxy) is 1. The number of urea groups is 1. The highest BCUT2D eigenvalue weighted by atomic mass is 16.5. The molecule has 0 unspecified atom stereocenters. The predicted molar refractivity (Wildman–Crippen MR) is 95.4 cm³/mol. The van der Waals surface area contributed by atoms with Crippen molar-refractivity contribution in [3.05, 3.63) is 40.4 Å². The molecule has 7 nitrogen and oxygen atoms in total. The summed E-state index contributed by atoms with van der Waals surface area (Å²) in [6.45, 7) is 5.37. The Morgan fingerprint density at radius 1 is 1.48 bits per heavy atom. The minimum Gasteiger partial charge on any atom is -0.376 e. The van der Waals surface area contributed by atoms with Crippen molar-refractivity contribution >= 4 is 16.9 Å². The molecule has 1 aliphatic rings. The fourth-order valence-corrected chi connectivity index (χ4v) is 3.09. The second-order valence-electron chi connectivity index (χ2n) is 6.33. The van der Waals surface area contributed by atoms with E-state index < -0.39 is 0 Å². The smallest absolute Gasteiger partial charge is 0.318 e. The van der Waals surface area contributed by atoms with E-state index in [1.807, 2.05) is 19.9 Å². The standard InChI is InChI=1S/C18H24N4O3/c1-3-22(18(24)19-12(2)15-9-6-10-25-15)11-16-20-14-8-5-4-7-13(14)17(23)21-16/h4-5,7-8,12,15H,3,6,9-11H2,1-2H3,(H,19,24)(H,20,21,23)/t12-,15-/m1/s1. The van der Waals surface area contributed by atoms with Gasteiger partial charge in [0.15, 0.2) is 0 Å². The van der Waals surface area contributed by atoms with Gasteiger partial charge in [-0.25, -0.2) is 9.78 Å². The molecule has 2 heterocycles. The van der Waals surface area contributed by atoms with E-state index in [9.17, 15) is 9.59 Å². The van der Waals surface area contributed by atoms with Crippen LogP contribution in [0.5, 0.6) is 0 Å². The average Bonchev–Trinajstić information content (AvgIpc) is 3.14. The number of hydrogen-bond donors (Lipinski definition) is 2. The molecule has 2 atom stereocenters. The van der Waals surface area contributed by atoms with E-state index in [2.05, 4.69) is 15.3 Å².